The molecule has 0 unspecified atom stereocenters. The summed E-state index contributed by atoms with van der Waals surface area (Å²) in [5.41, 5.74) is 2.24. The molecule has 0 saturated carbocycles. The van der Waals surface area contributed by atoms with Gasteiger partial charge in [-0.05, 0) is 36.8 Å². The second-order valence-electron chi connectivity index (χ2n) is 8.66. The highest BCUT2D eigenvalue weighted by molar-refractivity contribution is 5.73. The van der Waals surface area contributed by atoms with Gasteiger partial charge in [0.1, 0.15) is 0 Å². The number of hydrogen-bond donors (Lipinski definition) is 3. The Balaban J connectivity index is 0.000000379. The normalized spacial score (nSPS) is 18.3. The minimum atomic E-state index is -5.08. The number of carboxylic acids is 3. The van der Waals surface area contributed by atoms with E-state index in [1.54, 1.807) is 0 Å². The van der Waals surface area contributed by atoms with Crippen LogP contribution in [0.4, 0.5) is 45.3 Å². The maximum absolute atomic E-state index is 10.6. The maximum Gasteiger partial charge on any atom is 0.490 e. The number of likely N-dealkylation sites (tertiary alicyclic amines) is 1. The van der Waals surface area contributed by atoms with Gasteiger partial charge in [-0.3, -0.25) is 9.88 Å². The van der Waals surface area contributed by atoms with E-state index in [0.29, 0.717) is 6.04 Å². The van der Waals surface area contributed by atoms with Crippen LogP contribution in [0.2, 0.25) is 0 Å². The molecule has 12 nitrogen and oxygen atoms in total. The van der Waals surface area contributed by atoms with Crippen molar-refractivity contribution >= 4 is 23.7 Å². The first kappa shape index (κ1) is 37.8. The first-order valence-electron chi connectivity index (χ1n) is 11.8. The number of halogens is 9. The molecule has 0 spiro atoms. The molecule has 0 bridgehead atoms. The third-order valence-electron chi connectivity index (χ3n) is 5.34. The number of morpholine rings is 1. The molecule has 4 rings (SSSR count). The second-order valence-corrected chi connectivity index (χ2v) is 8.66. The summed E-state index contributed by atoms with van der Waals surface area (Å²) < 4.78 is 101. The van der Waals surface area contributed by atoms with Crippen molar-refractivity contribution in [1.29, 1.82) is 0 Å². The molecule has 44 heavy (non-hydrogen) atoms. The number of hydrogen-bond acceptors (Lipinski definition) is 9. The van der Waals surface area contributed by atoms with Crippen molar-refractivity contribution in [3.63, 3.8) is 0 Å². The van der Waals surface area contributed by atoms with Crippen molar-refractivity contribution in [3.05, 3.63) is 47.9 Å². The molecule has 2 aromatic heterocycles. The summed E-state index contributed by atoms with van der Waals surface area (Å²) in [6.45, 7) is 6.48. The summed E-state index contributed by atoms with van der Waals surface area (Å²) in [7, 11) is 0. The fourth-order valence-electron chi connectivity index (χ4n) is 3.47. The first-order valence-corrected chi connectivity index (χ1v) is 11.8. The Labute approximate surface area is 241 Å². The molecule has 21 heteroatoms. The molecule has 4 heterocycles. The SMILES string of the molecule is Cc1ccc(N2CCO[C@H]3CN(Cc4ccncc4)C[C@H]32)nn1.O=C(O)C(F)(F)F.O=C(O)C(F)(F)F.O=C(O)C(F)(F)F. The summed E-state index contributed by atoms with van der Waals surface area (Å²) in [5.74, 6) is -7.31. The van der Waals surface area contributed by atoms with Crippen LogP contribution in [-0.2, 0) is 25.7 Å². The zero-order chi connectivity index (χ0) is 33.9. The summed E-state index contributed by atoms with van der Waals surface area (Å²) in [4.78, 5) is 35.6. The van der Waals surface area contributed by atoms with Gasteiger partial charge in [0.2, 0.25) is 0 Å². The molecule has 2 atom stereocenters. The lowest BCUT2D eigenvalue weighted by atomic mass is 10.1. The Morgan fingerprint density at radius 2 is 1.30 bits per heavy atom. The van der Waals surface area contributed by atoms with Crippen LogP contribution >= 0.6 is 0 Å². The molecular formula is C23H24F9N5O7. The lowest BCUT2D eigenvalue weighted by molar-refractivity contribution is -0.193. The molecule has 2 aromatic rings. The Hall–Kier alpha value is -4.27. The van der Waals surface area contributed by atoms with E-state index in [1.165, 1.54) is 5.56 Å². The Kier molecular flexibility index (Phi) is 13.7. The van der Waals surface area contributed by atoms with Gasteiger partial charge in [-0.1, -0.05) is 0 Å². The van der Waals surface area contributed by atoms with Crippen molar-refractivity contribution in [2.24, 2.45) is 0 Å². The number of alkyl halides is 9. The summed E-state index contributed by atoms with van der Waals surface area (Å²) in [6.07, 6.45) is -11.3. The predicted molar refractivity (Wildman–Crippen MR) is 128 cm³/mol. The molecular weight excluding hydrogens is 629 g/mol. The van der Waals surface area contributed by atoms with Crippen LogP contribution in [0.5, 0.6) is 0 Å². The van der Waals surface area contributed by atoms with E-state index >= 15 is 0 Å². The quantitative estimate of drug-likeness (QED) is 0.415. The van der Waals surface area contributed by atoms with Crippen molar-refractivity contribution < 1.29 is 74.0 Å². The number of rotatable bonds is 3. The molecule has 2 aliphatic rings. The van der Waals surface area contributed by atoms with Gasteiger partial charge >= 0.3 is 36.4 Å². The van der Waals surface area contributed by atoms with Crippen LogP contribution in [0.3, 0.4) is 0 Å². The molecule has 2 fully saturated rings. The highest BCUT2D eigenvalue weighted by Crippen LogP contribution is 2.27. The number of aryl methyl sites for hydroxylation is 1. The average Bonchev–Trinajstić information content (AvgIpc) is 3.32. The number of fused-ring (bicyclic) bond motifs is 1. The molecule has 0 radical (unpaired) electrons. The minimum Gasteiger partial charge on any atom is -0.475 e. The van der Waals surface area contributed by atoms with E-state index < -0.39 is 36.4 Å². The molecule has 0 amide bonds. The maximum atomic E-state index is 10.6. The average molecular weight is 653 g/mol. The Morgan fingerprint density at radius 1 is 0.818 bits per heavy atom. The largest absolute Gasteiger partial charge is 0.490 e. The zero-order valence-corrected chi connectivity index (χ0v) is 22.3. The van der Waals surface area contributed by atoms with E-state index in [4.69, 9.17) is 34.4 Å². The van der Waals surface area contributed by atoms with Crippen molar-refractivity contribution in [3.8, 4) is 0 Å². The lowest BCUT2D eigenvalue weighted by Crippen LogP contribution is -2.51. The summed E-state index contributed by atoms with van der Waals surface area (Å²) >= 11 is 0. The molecule has 2 saturated heterocycles. The second kappa shape index (κ2) is 16.0. The molecule has 2 aliphatic heterocycles. The number of ether oxygens (including phenoxy) is 1. The van der Waals surface area contributed by atoms with E-state index in [9.17, 15) is 39.5 Å². The van der Waals surface area contributed by atoms with E-state index in [0.717, 1.165) is 44.3 Å². The molecule has 3 N–H and O–H groups in total. The number of carboxylic acid groups (broad SMARTS) is 3. The summed E-state index contributed by atoms with van der Waals surface area (Å²) in [5, 5.41) is 29.9. The van der Waals surface area contributed by atoms with Crippen LogP contribution in [0.25, 0.3) is 0 Å². The highest BCUT2D eigenvalue weighted by Gasteiger charge is 2.41. The number of anilines is 1. The van der Waals surface area contributed by atoms with Crippen LogP contribution in [-0.4, -0.2) is 110 Å². The zero-order valence-electron chi connectivity index (χ0n) is 22.3. The smallest absolute Gasteiger partial charge is 0.475 e. The molecule has 0 aromatic carbocycles. The van der Waals surface area contributed by atoms with Gasteiger partial charge in [-0.2, -0.15) is 44.6 Å². The standard InChI is InChI=1S/C17H21N5O.3C2HF3O2/c1-13-2-3-17(20-19-13)22-8-9-23-16-12-21(11-15(16)22)10-14-4-6-18-7-5-14;3*3-2(4,5)1(6)7/h2-7,15-16H,8-12H2,1H3;3*(H,6,7)/t15-,16+;;;/m1.../s1. The van der Waals surface area contributed by atoms with Crippen molar-refractivity contribution in [2.45, 2.75) is 44.1 Å². The van der Waals surface area contributed by atoms with Crippen LogP contribution in [0, 0.1) is 6.92 Å². The predicted octanol–water partition coefficient (Wildman–Crippen LogP) is 3.17. The van der Waals surface area contributed by atoms with Crippen LogP contribution < -0.4 is 4.90 Å². The Morgan fingerprint density at radius 3 is 1.70 bits per heavy atom. The molecule has 0 aliphatic carbocycles. The number of aliphatic carboxylic acids is 3. The van der Waals surface area contributed by atoms with E-state index in [1.807, 2.05) is 25.4 Å². The van der Waals surface area contributed by atoms with Crippen LogP contribution in [0.1, 0.15) is 11.3 Å². The number of aromatic nitrogens is 3. The van der Waals surface area contributed by atoms with Gasteiger partial charge in [-0.25, -0.2) is 14.4 Å². The first-order chi connectivity index (χ1) is 20.1. The van der Waals surface area contributed by atoms with Gasteiger partial charge in [0.15, 0.2) is 5.82 Å². The van der Waals surface area contributed by atoms with Gasteiger partial charge in [-0.15, -0.1) is 5.10 Å². The lowest BCUT2D eigenvalue weighted by Gasteiger charge is -2.37. The van der Waals surface area contributed by atoms with Gasteiger partial charge in [0, 0.05) is 38.6 Å². The van der Waals surface area contributed by atoms with Gasteiger partial charge in [0.25, 0.3) is 0 Å². The fraction of sp³-hybridized carbons (Fsp3) is 0.478. The highest BCUT2D eigenvalue weighted by atomic mass is 19.4. The van der Waals surface area contributed by atoms with Gasteiger partial charge < -0.3 is 25.0 Å². The summed E-state index contributed by atoms with van der Waals surface area (Å²) in [6, 6.07) is 8.59. The van der Waals surface area contributed by atoms with Crippen molar-refractivity contribution in [2.75, 3.05) is 31.1 Å². The third kappa shape index (κ3) is 13.4. The van der Waals surface area contributed by atoms with Crippen LogP contribution in [0.15, 0.2) is 36.7 Å². The van der Waals surface area contributed by atoms with Gasteiger partial charge in [0.05, 0.1) is 24.4 Å². The fourth-order valence-corrected chi connectivity index (χ4v) is 3.47. The van der Waals surface area contributed by atoms with E-state index in [-0.39, 0.29) is 6.10 Å². The topological polar surface area (TPSA) is 166 Å². The van der Waals surface area contributed by atoms with E-state index in [2.05, 4.69) is 43.2 Å². The molecule has 246 valence electrons. The number of nitrogens with zero attached hydrogens (tertiary/aromatic N) is 5. The number of carbonyl (C=O) groups is 3. The third-order valence-corrected chi connectivity index (χ3v) is 5.34. The van der Waals surface area contributed by atoms with Crippen molar-refractivity contribution in [1.82, 2.24) is 20.1 Å². The monoisotopic (exact) mass is 653 g/mol. The Bertz CT molecular complexity index is 1160. The minimum absolute atomic E-state index is 0.244. The number of pyridine rings is 1.